The highest BCUT2D eigenvalue weighted by atomic mass is 79.9. The lowest BCUT2D eigenvalue weighted by molar-refractivity contribution is -0.148. The van der Waals surface area contributed by atoms with Crippen LogP contribution in [-0.4, -0.2) is 39.0 Å². The van der Waals surface area contributed by atoms with E-state index in [0.29, 0.717) is 25.8 Å². The Hall–Kier alpha value is -1.43. The van der Waals surface area contributed by atoms with Gasteiger partial charge in [-0.2, -0.15) is 0 Å². The second-order valence-corrected chi connectivity index (χ2v) is 5.53. The third kappa shape index (κ3) is 2.36. The number of carboxylic acids is 1. The minimum absolute atomic E-state index is 0.282. The molecule has 0 bridgehead atoms. The van der Waals surface area contributed by atoms with E-state index in [1.165, 1.54) is 11.1 Å². The molecule has 0 spiro atoms. The average Bonchev–Trinajstić information content (AvgIpc) is 2.83. The lowest BCUT2D eigenvalue weighted by atomic mass is 9.93. The number of aliphatic carboxylic acids is 1. The fourth-order valence-electron chi connectivity index (χ4n) is 2.56. The molecule has 1 N–H and O–H groups in total. The molecule has 1 aliphatic heterocycles. The van der Waals surface area contributed by atoms with Crippen LogP contribution in [0.15, 0.2) is 22.8 Å². The van der Waals surface area contributed by atoms with Crippen LogP contribution in [0.25, 0.3) is 0 Å². The normalized spacial score (nSPS) is 22.5. The van der Waals surface area contributed by atoms with Crippen molar-refractivity contribution in [2.45, 2.75) is 31.7 Å². The van der Waals surface area contributed by atoms with Crippen molar-refractivity contribution in [3.8, 4) is 0 Å². The number of amides is 1. The van der Waals surface area contributed by atoms with Crippen LogP contribution in [0.4, 0.5) is 0 Å². The summed E-state index contributed by atoms with van der Waals surface area (Å²) in [5.74, 6) is -1.24. The summed E-state index contributed by atoms with van der Waals surface area (Å²) in [4.78, 5) is 29.5. The Morgan fingerprint density at radius 1 is 1.53 bits per heavy atom. The van der Waals surface area contributed by atoms with Gasteiger partial charge in [0.1, 0.15) is 11.2 Å². The quantitative estimate of drug-likeness (QED) is 0.925. The molecule has 1 unspecified atom stereocenters. The van der Waals surface area contributed by atoms with Crippen molar-refractivity contribution < 1.29 is 14.7 Å². The minimum atomic E-state index is -1.08. The van der Waals surface area contributed by atoms with E-state index in [9.17, 15) is 14.7 Å². The highest BCUT2D eigenvalue weighted by Crippen LogP contribution is 2.33. The van der Waals surface area contributed by atoms with Crippen LogP contribution >= 0.6 is 15.9 Å². The van der Waals surface area contributed by atoms with Gasteiger partial charge in [0.25, 0.3) is 5.91 Å². The van der Waals surface area contributed by atoms with Crippen LogP contribution in [-0.2, 0) is 4.79 Å². The van der Waals surface area contributed by atoms with Gasteiger partial charge in [0, 0.05) is 17.2 Å². The highest BCUT2D eigenvalue weighted by Gasteiger charge is 2.48. The van der Waals surface area contributed by atoms with Gasteiger partial charge >= 0.3 is 5.97 Å². The smallest absolute Gasteiger partial charge is 0.329 e. The van der Waals surface area contributed by atoms with E-state index >= 15 is 0 Å². The molecule has 0 radical (unpaired) electrons. The van der Waals surface area contributed by atoms with E-state index in [-0.39, 0.29) is 11.6 Å². The van der Waals surface area contributed by atoms with Crippen molar-refractivity contribution in [3.63, 3.8) is 0 Å². The Bertz CT molecular complexity index is 503. The molecule has 0 aromatic carbocycles. The Kier molecular flexibility index (Phi) is 3.89. The van der Waals surface area contributed by atoms with Gasteiger partial charge in [-0.15, -0.1) is 0 Å². The molecule has 6 heteroatoms. The lowest BCUT2D eigenvalue weighted by Gasteiger charge is -2.33. The van der Waals surface area contributed by atoms with Crippen molar-refractivity contribution in [1.29, 1.82) is 0 Å². The molecule has 1 amide bonds. The third-order valence-corrected chi connectivity index (χ3v) is 4.13. The minimum Gasteiger partial charge on any atom is -0.479 e. The lowest BCUT2D eigenvalue weighted by Crippen LogP contribution is -2.52. The molecule has 1 fully saturated rings. The maximum Gasteiger partial charge on any atom is 0.329 e. The van der Waals surface area contributed by atoms with Gasteiger partial charge in [0.2, 0.25) is 0 Å². The summed E-state index contributed by atoms with van der Waals surface area (Å²) in [5, 5.41) is 9.45. The maximum atomic E-state index is 12.4. The molecule has 19 heavy (non-hydrogen) atoms. The molecule has 102 valence electrons. The Labute approximate surface area is 119 Å². The number of hydrogen-bond donors (Lipinski definition) is 1. The number of hydrogen-bond acceptors (Lipinski definition) is 3. The number of carbonyl (C=O) groups is 2. The van der Waals surface area contributed by atoms with Gasteiger partial charge in [-0.25, -0.2) is 9.78 Å². The summed E-state index contributed by atoms with van der Waals surface area (Å²) in [6.07, 6.45) is 3.16. The van der Waals surface area contributed by atoms with E-state index in [1.807, 2.05) is 0 Å². The summed E-state index contributed by atoms with van der Waals surface area (Å²) in [5.41, 5.74) is -0.796. The van der Waals surface area contributed by atoms with Crippen LogP contribution in [0, 0.1) is 0 Å². The molecule has 1 aromatic rings. The first-order valence-electron chi connectivity index (χ1n) is 6.18. The van der Waals surface area contributed by atoms with Crippen LogP contribution < -0.4 is 0 Å². The molecule has 0 aliphatic carbocycles. The van der Waals surface area contributed by atoms with Crippen LogP contribution in [0.3, 0.4) is 0 Å². The van der Waals surface area contributed by atoms with Gasteiger partial charge in [-0.1, -0.05) is 6.92 Å². The van der Waals surface area contributed by atoms with Crippen LogP contribution in [0.1, 0.15) is 36.7 Å². The van der Waals surface area contributed by atoms with Crippen molar-refractivity contribution in [3.05, 3.63) is 28.5 Å². The van der Waals surface area contributed by atoms with E-state index < -0.39 is 11.5 Å². The van der Waals surface area contributed by atoms with E-state index in [0.717, 1.165) is 4.47 Å². The van der Waals surface area contributed by atoms with Crippen LogP contribution in [0.5, 0.6) is 0 Å². The summed E-state index contributed by atoms with van der Waals surface area (Å²) in [6.45, 7) is 2.27. The summed E-state index contributed by atoms with van der Waals surface area (Å²) < 4.78 is 0.783. The predicted octanol–water partition coefficient (Wildman–Crippen LogP) is 2.31. The first kappa shape index (κ1) is 14.0. The summed E-state index contributed by atoms with van der Waals surface area (Å²) in [6, 6.07) is 3.33. The zero-order valence-corrected chi connectivity index (χ0v) is 12.2. The standard InChI is InChI=1S/C13H15BrN2O3/c1-2-13(12(18)19)6-3-7-16(13)11(17)10-5-4-9(14)8-15-10/h4-5,8H,2-3,6-7H2,1H3,(H,18,19). The van der Waals surface area contributed by atoms with Gasteiger partial charge in [0.15, 0.2) is 0 Å². The predicted molar refractivity (Wildman–Crippen MR) is 72.9 cm³/mol. The van der Waals surface area contributed by atoms with E-state index in [1.54, 1.807) is 19.1 Å². The monoisotopic (exact) mass is 326 g/mol. The number of likely N-dealkylation sites (tertiary alicyclic amines) is 1. The number of carbonyl (C=O) groups excluding carboxylic acids is 1. The zero-order chi connectivity index (χ0) is 14.0. The second-order valence-electron chi connectivity index (χ2n) is 4.61. The molecule has 2 rings (SSSR count). The summed E-state index contributed by atoms with van der Waals surface area (Å²) in [7, 11) is 0. The van der Waals surface area contributed by atoms with Crippen molar-refractivity contribution in [2.75, 3.05) is 6.54 Å². The molecule has 5 nitrogen and oxygen atoms in total. The average molecular weight is 327 g/mol. The third-order valence-electron chi connectivity index (χ3n) is 3.66. The number of pyridine rings is 1. The Morgan fingerprint density at radius 2 is 2.26 bits per heavy atom. The topological polar surface area (TPSA) is 70.5 Å². The number of rotatable bonds is 3. The molecular formula is C13H15BrN2O3. The first-order chi connectivity index (χ1) is 9.01. The number of nitrogens with zero attached hydrogens (tertiary/aromatic N) is 2. The van der Waals surface area contributed by atoms with E-state index in [2.05, 4.69) is 20.9 Å². The SMILES string of the molecule is CCC1(C(=O)O)CCCN1C(=O)c1ccc(Br)cn1. The van der Waals surface area contributed by atoms with Crippen molar-refractivity contribution >= 4 is 27.8 Å². The molecule has 1 atom stereocenters. The van der Waals surface area contributed by atoms with Gasteiger partial charge in [0.05, 0.1) is 0 Å². The summed E-state index contributed by atoms with van der Waals surface area (Å²) >= 11 is 3.26. The van der Waals surface area contributed by atoms with Gasteiger partial charge in [-0.3, -0.25) is 4.79 Å². The van der Waals surface area contributed by atoms with Crippen molar-refractivity contribution in [2.24, 2.45) is 0 Å². The van der Waals surface area contributed by atoms with Gasteiger partial charge < -0.3 is 10.0 Å². The molecule has 0 saturated carbocycles. The number of carboxylic acid groups (broad SMARTS) is 1. The molecule has 1 saturated heterocycles. The Morgan fingerprint density at radius 3 is 2.79 bits per heavy atom. The van der Waals surface area contributed by atoms with Crippen molar-refractivity contribution in [1.82, 2.24) is 9.88 Å². The highest BCUT2D eigenvalue weighted by molar-refractivity contribution is 9.10. The molecule has 1 aliphatic rings. The fraction of sp³-hybridized carbons (Fsp3) is 0.462. The van der Waals surface area contributed by atoms with Gasteiger partial charge in [-0.05, 0) is 47.3 Å². The zero-order valence-electron chi connectivity index (χ0n) is 10.6. The maximum absolute atomic E-state index is 12.4. The first-order valence-corrected chi connectivity index (χ1v) is 6.97. The van der Waals surface area contributed by atoms with E-state index in [4.69, 9.17) is 0 Å². The Balaban J connectivity index is 2.32. The largest absolute Gasteiger partial charge is 0.479 e. The fourth-order valence-corrected chi connectivity index (χ4v) is 2.79. The van der Waals surface area contributed by atoms with Crippen LogP contribution in [0.2, 0.25) is 0 Å². The molecule has 2 heterocycles. The second kappa shape index (κ2) is 5.28. The number of aromatic nitrogens is 1. The molecular weight excluding hydrogens is 312 g/mol. The molecule has 1 aromatic heterocycles. The number of halogens is 1.